The first kappa shape index (κ1) is 36.2. The Bertz CT molecular complexity index is 1340. The zero-order valence-electron chi connectivity index (χ0n) is 28.7. The van der Waals surface area contributed by atoms with Crippen molar-refractivity contribution in [2.24, 2.45) is 5.92 Å². The number of ether oxygens (including phenoxy) is 2. The highest BCUT2D eigenvalue weighted by molar-refractivity contribution is 6.43. The molecule has 4 rings (SSSR count). The minimum Gasteiger partial charge on any atom is -0.494 e. The summed E-state index contributed by atoms with van der Waals surface area (Å²) in [5, 5.41) is 1.21. The van der Waals surface area contributed by atoms with Gasteiger partial charge in [0, 0.05) is 50.2 Å². The first-order valence-corrected chi connectivity index (χ1v) is 17.5. The van der Waals surface area contributed by atoms with Crippen molar-refractivity contribution in [2.75, 3.05) is 49.1 Å². The van der Waals surface area contributed by atoms with Gasteiger partial charge >= 0.3 is 6.09 Å². The molecule has 2 aromatic rings. The fourth-order valence-corrected chi connectivity index (χ4v) is 7.47. The number of fused-ring (bicyclic) bond motifs is 1. The van der Waals surface area contributed by atoms with Gasteiger partial charge in [-0.25, -0.2) is 4.79 Å². The van der Waals surface area contributed by atoms with Crippen LogP contribution in [0.3, 0.4) is 0 Å². The van der Waals surface area contributed by atoms with Crippen LogP contribution in [-0.2, 0) is 16.0 Å². The van der Waals surface area contributed by atoms with Crippen LogP contribution in [0, 0.1) is 5.92 Å². The van der Waals surface area contributed by atoms with Crippen molar-refractivity contribution in [2.45, 2.75) is 98.4 Å². The second-order valence-corrected chi connectivity index (χ2v) is 14.7. The first-order chi connectivity index (χ1) is 21.8. The molecule has 1 fully saturated rings. The maximum absolute atomic E-state index is 13.5. The van der Waals surface area contributed by atoms with E-state index in [-0.39, 0.29) is 17.5 Å². The fourth-order valence-electron chi connectivity index (χ4n) is 7.05. The van der Waals surface area contributed by atoms with Crippen molar-refractivity contribution in [3.05, 3.63) is 52.0 Å². The van der Waals surface area contributed by atoms with Gasteiger partial charge in [-0.2, -0.15) is 0 Å². The second-order valence-electron chi connectivity index (χ2n) is 13.9. The molecule has 2 aliphatic heterocycles. The second kappa shape index (κ2) is 15.9. The number of hydrogen-bond donors (Lipinski definition) is 0. The number of benzene rings is 2. The molecule has 0 aromatic heterocycles. The van der Waals surface area contributed by atoms with E-state index in [4.69, 9.17) is 32.7 Å². The Morgan fingerprint density at radius 2 is 1.67 bits per heavy atom. The minimum absolute atomic E-state index is 0.0459. The van der Waals surface area contributed by atoms with Crippen LogP contribution in [0.2, 0.25) is 10.0 Å². The maximum atomic E-state index is 13.5. The smallest absolute Gasteiger partial charge is 0.412 e. The Balaban J connectivity index is 1.29. The molecule has 1 atom stereocenters. The lowest BCUT2D eigenvalue weighted by atomic mass is 9.90. The summed E-state index contributed by atoms with van der Waals surface area (Å²) in [6, 6.07) is 11.7. The fraction of sp³-hybridized carbons (Fsp3) is 0.611. The van der Waals surface area contributed by atoms with E-state index in [0.717, 1.165) is 68.9 Å². The van der Waals surface area contributed by atoms with E-state index >= 15 is 0 Å². The third-order valence-electron chi connectivity index (χ3n) is 8.88. The van der Waals surface area contributed by atoms with Gasteiger partial charge in [-0.3, -0.25) is 14.6 Å². The van der Waals surface area contributed by atoms with Crippen molar-refractivity contribution in [3.8, 4) is 5.75 Å². The highest BCUT2D eigenvalue weighted by Gasteiger charge is 2.37. The SMILES string of the molecule is CC(C)CC(C)(C)N(C(=O)OC(C)N1C(=O)CCc2ccc(OCCCCN3CCN(c4cccc(Cl)c4Cl)CC3)cc21)C(C)C. The zero-order chi connectivity index (χ0) is 33.6. The van der Waals surface area contributed by atoms with Gasteiger partial charge in [-0.1, -0.05) is 49.2 Å². The minimum atomic E-state index is -0.749. The number of rotatable bonds is 13. The van der Waals surface area contributed by atoms with Crippen LogP contribution >= 0.6 is 23.2 Å². The molecule has 0 saturated carbocycles. The molecule has 1 unspecified atom stereocenters. The van der Waals surface area contributed by atoms with E-state index < -0.39 is 12.3 Å². The average Bonchev–Trinajstić information content (AvgIpc) is 2.97. The van der Waals surface area contributed by atoms with Gasteiger partial charge in [-0.15, -0.1) is 0 Å². The largest absolute Gasteiger partial charge is 0.494 e. The molecule has 0 spiro atoms. The van der Waals surface area contributed by atoms with Gasteiger partial charge in [0.1, 0.15) is 5.75 Å². The van der Waals surface area contributed by atoms with Crippen molar-refractivity contribution >= 4 is 46.6 Å². The number of anilines is 2. The van der Waals surface area contributed by atoms with Crippen LogP contribution in [0.4, 0.5) is 16.2 Å². The zero-order valence-corrected chi connectivity index (χ0v) is 30.2. The predicted molar refractivity (Wildman–Crippen MR) is 189 cm³/mol. The molecule has 1 saturated heterocycles. The molecule has 2 heterocycles. The van der Waals surface area contributed by atoms with Crippen LogP contribution in [0.15, 0.2) is 36.4 Å². The number of unbranched alkanes of at least 4 members (excludes halogenated alkanes) is 1. The summed E-state index contributed by atoms with van der Waals surface area (Å²) >= 11 is 12.6. The molecule has 254 valence electrons. The third kappa shape index (κ3) is 9.02. The molecule has 8 nitrogen and oxygen atoms in total. The summed E-state index contributed by atoms with van der Waals surface area (Å²) < 4.78 is 12.1. The van der Waals surface area contributed by atoms with Crippen LogP contribution in [-0.4, -0.2) is 78.9 Å². The quantitative estimate of drug-likeness (QED) is 0.199. The normalized spacial score (nSPS) is 16.5. The number of carbonyl (C=O) groups excluding carboxylic acids is 2. The Hall–Kier alpha value is -2.68. The number of piperazine rings is 1. The number of hydrogen-bond acceptors (Lipinski definition) is 6. The van der Waals surface area contributed by atoms with E-state index in [1.54, 1.807) is 16.7 Å². The highest BCUT2D eigenvalue weighted by atomic mass is 35.5. The van der Waals surface area contributed by atoms with Gasteiger partial charge in [0.25, 0.3) is 0 Å². The van der Waals surface area contributed by atoms with Gasteiger partial charge < -0.3 is 19.3 Å². The van der Waals surface area contributed by atoms with E-state index in [9.17, 15) is 9.59 Å². The van der Waals surface area contributed by atoms with Crippen LogP contribution in [0.1, 0.15) is 79.7 Å². The number of carbonyl (C=O) groups is 2. The Morgan fingerprint density at radius 1 is 0.957 bits per heavy atom. The summed E-state index contributed by atoms with van der Waals surface area (Å²) in [5.41, 5.74) is 2.42. The summed E-state index contributed by atoms with van der Waals surface area (Å²) in [7, 11) is 0. The Labute approximate surface area is 285 Å². The number of halogens is 2. The maximum Gasteiger partial charge on any atom is 0.412 e. The predicted octanol–water partition coefficient (Wildman–Crippen LogP) is 8.27. The van der Waals surface area contributed by atoms with Gasteiger partial charge in [0.05, 0.1) is 28.0 Å². The molecular formula is C36H52Cl2N4O4. The summed E-state index contributed by atoms with van der Waals surface area (Å²) in [4.78, 5) is 34.9. The van der Waals surface area contributed by atoms with Crippen LogP contribution in [0.5, 0.6) is 5.75 Å². The number of nitrogens with zero attached hydrogens (tertiary/aromatic N) is 4. The van der Waals surface area contributed by atoms with Crippen LogP contribution < -0.4 is 14.5 Å². The van der Waals surface area contributed by atoms with E-state index in [1.165, 1.54) is 0 Å². The average molecular weight is 676 g/mol. The van der Waals surface area contributed by atoms with E-state index in [1.807, 2.05) is 50.2 Å². The molecule has 0 radical (unpaired) electrons. The summed E-state index contributed by atoms with van der Waals surface area (Å²) in [5.74, 6) is 1.08. The Kier molecular flexibility index (Phi) is 12.5. The molecular weight excluding hydrogens is 623 g/mol. The van der Waals surface area contributed by atoms with Crippen molar-refractivity contribution in [3.63, 3.8) is 0 Å². The van der Waals surface area contributed by atoms with E-state index in [2.05, 4.69) is 37.5 Å². The topological polar surface area (TPSA) is 65.6 Å². The number of amides is 2. The van der Waals surface area contributed by atoms with Crippen molar-refractivity contribution in [1.82, 2.24) is 9.80 Å². The lowest BCUT2D eigenvalue weighted by Gasteiger charge is -2.43. The Morgan fingerprint density at radius 3 is 2.35 bits per heavy atom. The lowest BCUT2D eigenvalue weighted by molar-refractivity contribution is -0.120. The molecule has 0 N–H and O–H groups in total. The van der Waals surface area contributed by atoms with Gasteiger partial charge in [0.2, 0.25) is 5.91 Å². The third-order valence-corrected chi connectivity index (χ3v) is 9.69. The van der Waals surface area contributed by atoms with Gasteiger partial charge in [-0.05, 0) is 96.5 Å². The molecule has 10 heteroatoms. The summed E-state index contributed by atoms with van der Waals surface area (Å²) in [6.07, 6.45) is 2.67. The monoisotopic (exact) mass is 674 g/mol. The molecule has 46 heavy (non-hydrogen) atoms. The van der Waals surface area contributed by atoms with Crippen molar-refractivity contribution in [1.29, 1.82) is 0 Å². The van der Waals surface area contributed by atoms with Crippen LogP contribution in [0.25, 0.3) is 0 Å². The van der Waals surface area contributed by atoms with E-state index in [0.29, 0.717) is 41.2 Å². The standard InChI is InChI=1S/C36H52Cl2N4O4/c1-25(2)24-36(6,7)42(26(3)4)35(44)46-27(5)41-32-23-29(15-13-28(32)14-16-33(41)43)45-22-9-8-17-39-18-20-40(21-19-39)31-12-10-11-30(37)34(31)38/h10-13,15,23,25-27H,8-9,14,16-22,24H2,1-7H3. The molecule has 0 aliphatic carbocycles. The van der Waals surface area contributed by atoms with Crippen molar-refractivity contribution < 1.29 is 19.1 Å². The first-order valence-electron chi connectivity index (χ1n) is 16.8. The molecule has 2 aromatic carbocycles. The molecule has 2 aliphatic rings. The highest BCUT2D eigenvalue weighted by Crippen LogP contribution is 2.35. The molecule has 0 bridgehead atoms. The number of aryl methyl sites for hydroxylation is 1. The van der Waals surface area contributed by atoms with Gasteiger partial charge in [0.15, 0.2) is 6.23 Å². The molecule has 2 amide bonds. The summed E-state index contributed by atoms with van der Waals surface area (Å²) in [6.45, 7) is 19.6. The lowest BCUT2D eigenvalue weighted by Crippen LogP contribution is -2.54.